The Kier molecular flexibility index (Phi) is 4.16. The summed E-state index contributed by atoms with van der Waals surface area (Å²) in [4.78, 5) is 0. The molecule has 0 fully saturated rings. The summed E-state index contributed by atoms with van der Waals surface area (Å²) < 4.78 is 5.38. The van der Waals surface area contributed by atoms with Crippen LogP contribution in [0.3, 0.4) is 0 Å². The lowest BCUT2D eigenvalue weighted by molar-refractivity contribution is 0.378. The van der Waals surface area contributed by atoms with Crippen LogP contribution in [-0.4, -0.2) is -0.379 Å². The summed E-state index contributed by atoms with van der Waals surface area (Å²) in [6, 6.07) is 9.80. The first-order valence-corrected chi connectivity index (χ1v) is 6.12. The van der Waals surface area contributed by atoms with E-state index in [2.05, 4.69) is 67.8 Å². The van der Waals surface area contributed by atoms with Gasteiger partial charge in [0.15, 0.2) is 0 Å². The van der Waals surface area contributed by atoms with Crippen LogP contribution in [0, 0.1) is 0 Å². The third-order valence-electron chi connectivity index (χ3n) is 0.977. The Bertz CT molecular complexity index is 217. The molecular weight excluding hydrogens is 481 g/mol. The first-order valence-electron chi connectivity index (χ1n) is 2.89. The molecule has 11 heavy (non-hydrogen) atoms. The summed E-state index contributed by atoms with van der Waals surface area (Å²) >= 11 is 6.69. The Hall–Kier alpha value is 1.21. The molecule has 0 heterocycles. The Labute approximate surface area is 107 Å². The van der Waals surface area contributed by atoms with Crippen molar-refractivity contribution in [3.8, 4) is 5.75 Å². The SMILES string of the molecule is IC(I)(I)Oc1ccccc1. The number of benzene rings is 1. The number of para-hydroxylation sites is 1. The van der Waals surface area contributed by atoms with E-state index in [1.807, 2.05) is 30.3 Å². The Morgan fingerprint density at radius 3 is 2.00 bits per heavy atom. The molecule has 0 atom stereocenters. The number of halogens is 3. The zero-order chi connectivity index (χ0) is 8.32. The molecule has 4 heteroatoms. The van der Waals surface area contributed by atoms with Gasteiger partial charge in [-0.2, -0.15) is 0 Å². The van der Waals surface area contributed by atoms with Crippen molar-refractivity contribution in [2.75, 3.05) is 0 Å². The average molecular weight is 486 g/mol. The fraction of sp³-hybridized carbons (Fsp3) is 0.143. The van der Waals surface area contributed by atoms with Gasteiger partial charge in [0.2, 0.25) is 0 Å². The van der Waals surface area contributed by atoms with Crippen LogP contribution in [0.25, 0.3) is 0 Å². The maximum absolute atomic E-state index is 5.56. The van der Waals surface area contributed by atoms with Crippen LogP contribution in [0.2, 0.25) is 0 Å². The van der Waals surface area contributed by atoms with E-state index in [9.17, 15) is 0 Å². The minimum absolute atomic E-state index is 0.186. The van der Waals surface area contributed by atoms with Crippen LogP contribution in [0.15, 0.2) is 30.3 Å². The van der Waals surface area contributed by atoms with Gasteiger partial charge < -0.3 is 4.74 Å². The minimum Gasteiger partial charge on any atom is -0.459 e. The van der Waals surface area contributed by atoms with E-state index >= 15 is 0 Å². The van der Waals surface area contributed by atoms with Crippen LogP contribution < -0.4 is 4.74 Å². The second-order valence-corrected chi connectivity index (χ2v) is 12.6. The molecule has 0 aromatic heterocycles. The molecule has 1 rings (SSSR count). The maximum atomic E-state index is 5.56. The molecule has 60 valence electrons. The summed E-state index contributed by atoms with van der Waals surface area (Å²) in [5, 5.41) is 0. The van der Waals surface area contributed by atoms with Crippen molar-refractivity contribution in [1.82, 2.24) is 0 Å². The quantitative estimate of drug-likeness (QED) is 0.455. The van der Waals surface area contributed by atoms with Gasteiger partial charge in [-0.05, 0) is 79.9 Å². The predicted molar refractivity (Wildman–Crippen MR) is 71.9 cm³/mol. The zero-order valence-corrected chi connectivity index (χ0v) is 11.9. The maximum Gasteiger partial charge on any atom is 0.258 e. The largest absolute Gasteiger partial charge is 0.459 e. The summed E-state index contributed by atoms with van der Waals surface area (Å²) in [5.41, 5.74) is 0. The van der Waals surface area contributed by atoms with Gasteiger partial charge in [0.05, 0.1) is 0 Å². The number of hydrogen-bond acceptors (Lipinski definition) is 1. The summed E-state index contributed by atoms with van der Waals surface area (Å²) in [7, 11) is 0. The minimum atomic E-state index is -0.186. The van der Waals surface area contributed by atoms with Gasteiger partial charge >= 0.3 is 0 Å². The summed E-state index contributed by atoms with van der Waals surface area (Å²) in [6.45, 7) is 0. The molecule has 1 aromatic carbocycles. The second kappa shape index (κ2) is 4.45. The third-order valence-corrected chi connectivity index (χ3v) is 1.64. The van der Waals surface area contributed by atoms with E-state index < -0.39 is 0 Å². The number of alkyl halides is 3. The van der Waals surface area contributed by atoms with Gasteiger partial charge in [0, 0.05) is 0 Å². The molecule has 0 bridgehead atoms. The average Bonchev–Trinajstić information content (AvgIpc) is 1.85. The standard InChI is InChI=1S/C7H5I3O/c8-7(9,10)11-6-4-2-1-3-5-6/h1-5H. The molecule has 0 aliphatic carbocycles. The van der Waals surface area contributed by atoms with Crippen molar-refractivity contribution in [2.45, 2.75) is -0.379 Å². The van der Waals surface area contributed by atoms with E-state index in [-0.39, 0.29) is -0.379 Å². The highest BCUT2D eigenvalue weighted by molar-refractivity contribution is 14.3. The first-order chi connectivity index (χ1) is 5.08. The highest BCUT2D eigenvalue weighted by Gasteiger charge is 2.18. The molecule has 1 aromatic rings. The monoisotopic (exact) mass is 486 g/mol. The van der Waals surface area contributed by atoms with Gasteiger partial charge in [0.25, 0.3) is -0.379 Å². The summed E-state index contributed by atoms with van der Waals surface area (Å²) in [6.07, 6.45) is 0. The van der Waals surface area contributed by atoms with Crippen molar-refractivity contribution in [3.63, 3.8) is 0 Å². The topological polar surface area (TPSA) is 9.23 Å². The normalized spacial score (nSPS) is 11.2. The van der Waals surface area contributed by atoms with Gasteiger partial charge in [-0.25, -0.2) is 0 Å². The van der Waals surface area contributed by atoms with Gasteiger partial charge in [-0.3, -0.25) is 0 Å². The Morgan fingerprint density at radius 2 is 1.55 bits per heavy atom. The van der Waals surface area contributed by atoms with Crippen molar-refractivity contribution >= 4 is 67.8 Å². The Morgan fingerprint density at radius 1 is 1.00 bits per heavy atom. The Balaban J connectivity index is 2.66. The van der Waals surface area contributed by atoms with Crippen LogP contribution in [0.4, 0.5) is 0 Å². The molecule has 0 aliphatic heterocycles. The van der Waals surface area contributed by atoms with Gasteiger partial charge in [-0.15, -0.1) is 0 Å². The molecule has 0 radical (unpaired) electrons. The molecule has 0 unspecified atom stereocenters. The second-order valence-electron chi connectivity index (χ2n) is 1.86. The van der Waals surface area contributed by atoms with E-state index in [1.54, 1.807) is 0 Å². The number of ether oxygens (including phenoxy) is 1. The number of rotatable bonds is 2. The van der Waals surface area contributed by atoms with E-state index in [0.29, 0.717) is 0 Å². The molecule has 0 spiro atoms. The number of hydrogen-bond donors (Lipinski definition) is 0. The highest BCUT2D eigenvalue weighted by Crippen LogP contribution is 2.37. The lowest BCUT2D eigenvalue weighted by Crippen LogP contribution is -2.09. The molecule has 0 saturated heterocycles. The van der Waals surface area contributed by atoms with E-state index in [4.69, 9.17) is 4.74 Å². The lowest BCUT2D eigenvalue weighted by atomic mass is 10.3. The summed E-state index contributed by atoms with van der Waals surface area (Å²) in [5.74, 6) is 0.908. The van der Waals surface area contributed by atoms with Crippen LogP contribution in [0.5, 0.6) is 5.75 Å². The van der Waals surface area contributed by atoms with Crippen molar-refractivity contribution in [3.05, 3.63) is 30.3 Å². The lowest BCUT2D eigenvalue weighted by Gasteiger charge is -2.14. The van der Waals surface area contributed by atoms with Crippen molar-refractivity contribution in [1.29, 1.82) is 0 Å². The van der Waals surface area contributed by atoms with Crippen LogP contribution in [-0.2, 0) is 0 Å². The van der Waals surface area contributed by atoms with Crippen molar-refractivity contribution in [2.24, 2.45) is 0 Å². The predicted octanol–water partition coefficient (Wildman–Crippen LogP) is 3.98. The molecule has 0 amide bonds. The zero-order valence-electron chi connectivity index (χ0n) is 5.43. The van der Waals surface area contributed by atoms with Gasteiger partial charge in [-0.1, -0.05) is 18.2 Å². The van der Waals surface area contributed by atoms with Crippen LogP contribution >= 0.6 is 67.8 Å². The third kappa shape index (κ3) is 4.71. The molecule has 1 nitrogen and oxygen atoms in total. The van der Waals surface area contributed by atoms with Gasteiger partial charge in [0.1, 0.15) is 5.75 Å². The molecule has 0 N–H and O–H groups in total. The van der Waals surface area contributed by atoms with Crippen LogP contribution in [0.1, 0.15) is 0 Å². The first kappa shape index (κ1) is 10.3. The molecule has 0 saturated carbocycles. The fourth-order valence-electron chi connectivity index (χ4n) is 0.622. The highest BCUT2D eigenvalue weighted by atomic mass is 127. The van der Waals surface area contributed by atoms with Crippen molar-refractivity contribution < 1.29 is 4.74 Å². The van der Waals surface area contributed by atoms with E-state index in [0.717, 1.165) is 5.75 Å². The molecule has 0 aliphatic rings. The fourth-order valence-corrected chi connectivity index (χ4v) is 1.38. The smallest absolute Gasteiger partial charge is 0.258 e. The molecular formula is C7H5I3O. The van der Waals surface area contributed by atoms with E-state index in [1.165, 1.54) is 0 Å².